The fourth-order valence-corrected chi connectivity index (χ4v) is 2.67. The predicted molar refractivity (Wildman–Crippen MR) is 50.7 cm³/mol. The first kappa shape index (κ1) is 10.4. The highest BCUT2D eigenvalue weighted by Crippen LogP contribution is 2.34. The molecule has 5 heteroatoms. The molecule has 74 valence electrons. The molecule has 1 aliphatic rings. The number of carboxylic acid groups (broad SMARTS) is 1. The summed E-state index contributed by atoms with van der Waals surface area (Å²) in [6, 6.07) is 0. The molecule has 0 aromatic carbocycles. The fraction of sp³-hybridized carbons (Fsp3) is 0.750. The van der Waals surface area contributed by atoms with Gasteiger partial charge in [0.05, 0.1) is 5.25 Å². The monoisotopic (exact) mass is 203 g/mol. The molecule has 0 unspecified atom stereocenters. The first-order valence-electron chi connectivity index (χ1n) is 4.12. The predicted octanol–water partition coefficient (Wildman–Crippen LogP) is 0.423. The second-order valence-electron chi connectivity index (χ2n) is 3.26. The van der Waals surface area contributed by atoms with Crippen molar-refractivity contribution in [1.82, 2.24) is 4.90 Å². The van der Waals surface area contributed by atoms with Crippen molar-refractivity contribution in [2.75, 3.05) is 14.1 Å². The Bertz CT molecular complexity index is 229. The molecule has 0 aromatic heterocycles. The third kappa shape index (κ3) is 2.37. The van der Waals surface area contributed by atoms with E-state index in [0.717, 1.165) is 0 Å². The highest BCUT2D eigenvalue weighted by atomic mass is 32.2. The molecule has 0 radical (unpaired) electrons. The molecule has 1 rings (SSSR count). The molecule has 1 amide bonds. The summed E-state index contributed by atoms with van der Waals surface area (Å²) < 4.78 is 0. The summed E-state index contributed by atoms with van der Waals surface area (Å²) in [5, 5.41) is 8.15. The van der Waals surface area contributed by atoms with Gasteiger partial charge >= 0.3 is 5.97 Å². The molecule has 1 saturated heterocycles. The maximum Gasteiger partial charge on any atom is 0.316 e. The van der Waals surface area contributed by atoms with Crippen LogP contribution in [0.1, 0.15) is 12.8 Å². The van der Waals surface area contributed by atoms with E-state index in [4.69, 9.17) is 5.11 Å². The number of nitrogens with zero attached hydrogens (tertiary/aromatic N) is 1. The average Bonchev–Trinajstić information content (AvgIpc) is 2.50. The number of hydrogen-bond acceptors (Lipinski definition) is 3. The lowest BCUT2D eigenvalue weighted by molar-refractivity contribution is -0.136. The van der Waals surface area contributed by atoms with Gasteiger partial charge in [0.1, 0.15) is 5.25 Å². The number of carbonyl (C=O) groups excluding carboxylic acids is 1. The van der Waals surface area contributed by atoms with Gasteiger partial charge in [-0.25, -0.2) is 0 Å². The first-order chi connectivity index (χ1) is 6.02. The van der Waals surface area contributed by atoms with Gasteiger partial charge in [0, 0.05) is 14.1 Å². The van der Waals surface area contributed by atoms with Gasteiger partial charge in [0.2, 0.25) is 5.91 Å². The topological polar surface area (TPSA) is 57.6 Å². The normalized spacial score (nSPS) is 27.2. The van der Waals surface area contributed by atoms with Gasteiger partial charge in [-0.3, -0.25) is 9.59 Å². The average molecular weight is 203 g/mol. The van der Waals surface area contributed by atoms with E-state index in [1.165, 1.54) is 16.7 Å². The van der Waals surface area contributed by atoms with Gasteiger partial charge in [-0.05, 0) is 12.8 Å². The van der Waals surface area contributed by atoms with Gasteiger partial charge in [-0.1, -0.05) is 0 Å². The molecular formula is C8H13NO3S. The van der Waals surface area contributed by atoms with Gasteiger partial charge in [-0.15, -0.1) is 11.8 Å². The van der Waals surface area contributed by atoms with E-state index in [2.05, 4.69) is 0 Å². The summed E-state index contributed by atoms with van der Waals surface area (Å²) in [6.45, 7) is 0. The van der Waals surface area contributed by atoms with Gasteiger partial charge in [0.15, 0.2) is 0 Å². The summed E-state index contributed by atoms with van der Waals surface area (Å²) in [5.41, 5.74) is 0. The Hall–Kier alpha value is -0.710. The third-order valence-electron chi connectivity index (χ3n) is 2.01. The molecule has 13 heavy (non-hydrogen) atoms. The molecule has 0 spiro atoms. The van der Waals surface area contributed by atoms with Crippen LogP contribution in [0.15, 0.2) is 0 Å². The van der Waals surface area contributed by atoms with E-state index >= 15 is 0 Å². The van der Waals surface area contributed by atoms with Gasteiger partial charge < -0.3 is 10.0 Å². The molecule has 1 N–H and O–H groups in total. The number of aliphatic carboxylic acids is 1. The van der Waals surface area contributed by atoms with Crippen molar-refractivity contribution < 1.29 is 14.7 Å². The van der Waals surface area contributed by atoms with E-state index in [-0.39, 0.29) is 11.2 Å². The van der Waals surface area contributed by atoms with Crippen molar-refractivity contribution in [3.8, 4) is 0 Å². The molecule has 1 heterocycles. The lowest BCUT2D eigenvalue weighted by Gasteiger charge is -2.14. The van der Waals surface area contributed by atoms with Crippen molar-refractivity contribution in [3.05, 3.63) is 0 Å². The summed E-state index contributed by atoms with van der Waals surface area (Å²) in [4.78, 5) is 23.5. The van der Waals surface area contributed by atoms with Crippen LogP contribution in [0.3, 0.4) is 0 Å². The van der Waals surface area contributed by atoms with Crippen molar-refractivity contribution >= 4 is 23.6 Å². The lowest BCUT2D eigenvalue weighted by Crippen LogP contribution is -2.30. The van der Waals surface area contributed by atoms with Crippen LogP contribution in [0.5, 0.6) is 0 Å². The van der Waals surface area contributed by atoms with E-state index in [9.17, 15) is 9.59 Å². The van der Waals surface area contributed by atoms with E-state index < -0.39 is 11.2 Å². The summed E-state index contributed by atoms with van der Waals surface area (Å²) in [5.74, 6) is -0.784. The zero-order valence-corrected chi connectivity index (χ0v) is 8.50. The number of carboxylic acids is 1. The van der Waals surface area contributed by atoms with Crippen LogP contribution in [0.2, 0.25) is 0 Å². The third-order valence-corrected chi connectivity index (χ3v) is 3.54. The molecular weight excluding hydrogens is 190 g/mol. The number of hydrogen-bond donors (Lipinski definition) is 1. The lowest BCUT2D eigenvalue weighted by atomic mass is 10.2. The number of thioether (sulfide) groups is 1. The van der Waals surface area contributed by atoms with E-state index in [1.54, 1.807) is 14.1 Å². The number of amides is 1. The summed E-state index contributed by atoms with van der Waals surface area (Å²) >= 11 is 1.26. The fourth-order valence-electron chi connectivity index (χ4n) is 1.29. The van der Waals surface area contributed by atoms with Crippen molar-refractivity contribution in [2.45, 2.75) is 23.3 Å². The van der Waals surface area contributed by atoms with Crippen LogP contribution in [0, 0.1) is 0 Å². The molecule has 0 bridgehead atoms. The Kier molecular flexibility index (Phi) is 3.19. The van der Waals surface area contributed by atoms with Gasteiger partial charge in [-0.2, -0.15) is 0 Å². The zero-order valence-electron chi connectivity index (χ0n) is 7.69. The minimum Gasteiger partial charge on any atom is -0.480 e. The van der Waals surface area contributed by atoms with E-state index in [0.29, 0.717) is 12.8 Å². The Morgan fingerprint density at radius 3 is 2.23 bits per heavy atom. The molecule has 1 fully saturated rings. The van der Waals surface area contributed by atoms with Crippen LogP contribution < -0.4 is 0 Å². The minimum atomic E-state index is -0.806. The number of carbonyl (C=O) groups is 2. The van der Waals surface area contributed by atoms with Crippen LogP contribution in [-0.2, 0) is 9.59 Å². The van der Waals surface area contributed by atoms with Crippen molar-refractivity contribution in [2.24, 2.45) is 0 Å². The molecule has 2 atom stereocenters. The maximum absolute atomic E-state index is 11.4. The smallest absolute Gasteiger partial charge is 0.316 e. The molecule has 4 nitrogen and oxygen atoms in total. The van der Waals surface area contributed by atoms with Crippen molar-refractivity contribution in [3.63, 3.8) is 0 Å². The van der Waals surface area contributed by atoms with E-state index in [1.807, 2.05) is 0 Å². The summed E-state index contributed by atoms with van der Waals surface area (Å²) in [6.07, 6.45) is 1.28. The quantitative estimate of drug-likeness (QED) is 0.706. The SMILES string of the molecule is CN(C)C(=O)[C@H]1CC[C@H](C(=O)O)S1. The van der Waals surface area contributed by atoms with Crippen LogP contribution in [-0.4, -0.2) is 46.5 Å². The first-order valence-corrected chi connectivity index (χ1v) is 5.06. The highest BCUT2D eigenvalue weighted by Gasteiger charge is 2.35. The standard InChI is InChI=1S/C8H13NO3S/c1-9(2)7(10)5-3-4-6(13-5)8(11)12/h5-6H,3-4H2,1-2H3,(H,11,12)/t5-,6-/m1/s1. The second-order valence-corrected chi connectivity index (χ2v) is 4.67. The molecule has 1 aliphatic heterocycles. The van der Waals surface area contributed by atoms with Crippen molar-refractivity contribution in [1.29, 1.82) is 0 Å². The second kappa shape index (κ2) is 4.00. The minimum absolute atomic E-state index is 0.0220. The molecule has 0 saturated carbocycles. The largest absolute Gasteiger partial charge is 0.480 e. The summed E-state index contributed by atoms with van der Waals surface area (Å²) in [7, 11) is 3.38. The van der Waals surface area contributed by atoms with Crippen LogP contribution in [0.25, 0.3) is 0 Å². The Morgan fingerprint density at radius 1 is 1.31 bits per heavy atom. The van der Waals surface area contributed by atoms with Gasteiger partial charge in [0.25, 0.3) is 0 Å². The Morgan fingerprint density at radius 2 is 1.85 bits per heavy atom. The maximum atomic E-state index is 11.4. The Balaban J connectivity index is 2.50. The molecule has 0 aliphatic carbocycles. The van der Waals surface area contributed by atoms with Crippen LogP contribution >= 0.6 is 11.8 Å². The van der Waals surface area contributed by atoms with Crippen LogP contribution in [0.4, 0.5) is 0 Å². The zero-order chi connectivity index (χ0) is 10.0. The molecule has 0 aromatic rings. The number of rotatable bonds is 2. The Labute approximate surface area is 81.3 Å². The highest BCUT2D eigenvalue weighted by molar-refractivity contribution is 8.02.